The summed E-state index contributed by atoms with van der Waals surface area (Å²) in [6, 6.07) is 27.3. The molecule has 0 saturated heterocycles. The van der Waals surface area contributed by atoms with Crippen LogP contribution < -0.4 is 140 Å². The van der Waals surface area contributed by atoms with Crippen LogP contribution in [0.3, 0.4) is 0 Å². The van der Waals surface area contributed by atoms with Crippen molar-refractivity contribution in [1.29, 1.82) is 0 Å². The molecule has 0 bridgehead atoms. The third kappa shape index (κ3) is 13.8. The summed E-state index contributed by atoms with van der Waals surface area (Å²) in [5.74, 6) is 0. The number of benzene rings is 4. The Balaban J connectivity index is 0.000000298. The molecule has 0 aliphatic carbocycles. The number of hydrogen-bond acceptors (Lipinski definition) is 12. The molecular weight excluding hydrogens is 788 g/mol. The van der Waals surface area contributed by atoms with Crippen molar-refractivity contribution in [2.45, 2.75) is 25.2 Å². The van der Waals surface area contributed by atoms with E-state index in [1.807, 2.05) is 66.7 Å². The maximum Gasteiger partial charge on any atom is 1.00 e. The SMILES string of the molecule is Cc1ccc2sc([S-])nc2c1.[K+].[Na+].[Na+].[Na+].[S-]c1nc2cc(Cl)ccc2s1.[S-]c1nc2ccccc2o1.[S-]c1nc2ccccc2s1. The molecule has 0 fully saturated rings. The van der Waals surface area contributed by atoms with Gasteiger partial charge in [-0.3, -0.25) is 15.0 Å². The van der Waals surface area contributed by atoms with Crippen molar-refractivity contribution in [1.82, 2.24) is 19.9 Å². The van der Waals surface area contributed by atoms with E-state index in [1.54, 1.807) is 22.7 Å². The molecule has 0 atom stereocenters. The molecule has 17 heteroatoms. The standard InChI is InChI=1S/C8H7NS2.C7H4ClNS2.C7H5NOS.C7H5NS2.K.3Na/c1-5-2-3-7-6(4-5)9-8(10)11-7;8-4-1-2-6-5(3-4)9-7(10)11-6;10-7-8-5-3-1-2-4-6(5)9-7;9-7-8-5-3-1-2-4-6(5)10-7;;;;/h2-4H,1H3,(H,9,10);1-3H,(H,9,10);1-4H,(H,8,10);1-4H,(H,8,9);;;;/q;;;;4*+1/p-4. The molecule has 8 aromatic rings. The first-order valence-corrected chi connectivity index (χ1v) is 16.5. The number of nitrogens with zero attached hydrogens (tertiary/aromatic N) is 4. The molecule has 0 amide bonds. The monoisotopic (exact) mass is 804 g/mol. The molecule has 0 spiro atoms. The number of rotatable bonds is 0. The Morgan fingerprint density at radius 1 is 0.565 bits per heavy atom. The predicted molar refractivity (Wildman–Crippen MR) is 185 cm³/mol. The van der Waals surface area contributed by atoms with Gasteiger partial charge in [-0.25, -0.2) is 4.98 Å². The second-order valence-electron chi connectivity index (χ2n) is 8.44. The Hall–Kier alpha value is 1.83. The van der Waals surface area contributed by atoms with Crippen molar-refractivity contribution in [2.24, 2.45) is 0 Å². The zero-order valence-electron chi connectivity index (χ0n) is 25.5. The van der Waals surface area contributed by atoms with Crippen LogP contribution >= 0.6 is 45.6 Å². The molecule has 0 N–H and O–H groups in total. The first-order chi connectivity index (χ1) is 20.2. The third-order valence-corrected chi connectivity index (χ3v) is 9.33. The zero-order chi connectivity index (χ0) is 29.6. The van der Waals surface area contributed by atoms with Crippen molar-refractivity contribution < 1.29 is 144 Å². The molecule has 5 nitrogen and oxygen atoms in total. The molecule has 8 rings (SSSR count). The molecule has 0 radical (unpaired) electrons. The fraction of sp³-hybridized carbons (Fsp3) is 0.0345. The molecule has 0 unspecified atom stereocenters. The van der Waals surface area contributed by atoms with E-state index in [1.165, 1.54) is 26.3 Å². The second-order valence-corrected chi connectivity index (χ2v) is 14.3. The first kappa shape index (κ1) is 45.8. The minimum atomic E-state index is 0. The van der Waals surface area contributed by atoms with Gasteiger partial charge in [-0.1, -0.05) is 60.1 Å². The smallest absolute Gasteiger partial charge is 0.721 e. The number of oxazole rings is 1. The van der Waals surface area contributed by atoms with Gasteiger partial charge in [-0.15, -0.1) is 0 Å². The van der Waals surface area contributed by atoms with Crippen molar-refractivity contribution >= 4 is 138 Å². The summed E-state index contributed by atoms with van der Waals surface area (Å²) in [7, 11) is 0. The van der Waals surface area contributed by atoms with Gasteiger partial charge in [0.15, 0.2) is 5.58 Å². The van der Waals surface area contributed by atoms with E-state index in [4.69, 9.17) is 66.5 Å². The molecule has 0 saturated carbocycles. The van der Waals surface area contributed by atoms with Gasteiger partial charge in [0.1, 0.15) is 5.52 Å². The molecule has 4 aromatic carbocycles. The topological polar surface area (TPSA) is 64.7 Å². The quantitative estimate of drug-likeness (QED) is 0.121. The summed E-state index contributed by atoms with van der Waals surface area (Å²) in [4.78, 5) is 16.4. The van der Waals surface area contributed by atoms with E-state index in [2.05, 4.69) is 45.1 Å². The van der Waals surface area contributed by atoms with Crippen molar-refractivity contribution in [3.8, 4) is 0 Å². The number of halogens is 1. The largest absolute Gasteiger partial charge is 1.00 e. The third-order valence-electron chi connectivity index (χ3n) is 5.40. The molecule has 212 valence electrons. The maximum absolute atomic E-state index is 5.76. The molecule has 4 heterocycles. The van der Waals surface area contributed by atoms with Crippen molar-refractivity contribution in [2.75, 3.05) is 0 Å². The first-order valence-electron chi connectivity index (χ1n) is 12.1. The van der Waals surface area contributed by atoms with Crippen LogP contribution in [0.5, 0.6) is 0 Å². The van der Waals surface area contributed by atoms with E-state index < -0.39 is 0 Å². The van der Waals surface area contributed by atoms with Crippen LogP contribution in [0.4, 0.5) is 0 Å². The van der Waals surface area contributed by atoms with Crippen LogP contribution in [0.15, 0.2) is 108 Å². The second kappa shape index (κ2) is 22.7. The van der Waals surface area contributed by atoms with E-state index in [9.17, 15) is 0 Å². The molecular formula is C29H17ClKN4Na3OS7. The summed E-state index contributed by atoms with van der Waals surface area (Å²) in [5.41, 5.74) is 5.75. The van der Waals surface area contributed by atoms with E-state index >= 15 is 0 Å². The Morgan fingerprint density at radius 2 is 1.04 bits per heavy atom. The Bertz CT molecular complexity index is 1910. The minimum absolute atomic E-state index is 0. The predicted octanol–water partition coefficient (Wildman–Crippen LogP) is -2.68. The van der Waals surface area contributed by atoms with Crippen LogP contribution in [0.2, 0.25) is 5.02 Å². The van der Waals surface area contributed by atoms with Crippen LogP contribution in [-0.2, 0) is 50.5 Å². The molecule has 4 aromatic heterocycles. The molecule has 0 aliphatic heterocycles. The van der Waals surface area contributed by atoms with E-state index in [0.717, 1.165) is 41.0 Å². The summed E-state index contributed by atoms with van der Waals surface area (Å²) < 4.78 is 10.6. The summed E-state index contributed by atoms with van der Waals surface area (Å²) in [6.07, 6.45) is 0. The van der Waals surface area contributed by atoms with Gasteiger partial charge in [0, 0.05) is 5.02 Å². The molecule has 0 aliphatic rings. The van der Waals surface area contributed by atoms with Crippen LogP contribution in [-0.4, -0.2) is 19.9 Å². The number of para-hydroxylation sites is 3. The van der Waals surface area contributed by atoms with E-state index in [0.29, 0.717) is 14.6 Å². The summed E-state index contributed by atoms with van der Waals surface area (Å²) in [5, 5.41) is 1.01. The normalized spacial score (nSPS) is 9.61. The number of hydrogen-bond donors (Lipinski definition) is 0. The van der Waals surface area contributed by atoms with Crippen LogP contribution in [0.1, 0.15) is 5.56 Å². The Morgan fingerprint density at radius 3 is 1.63 bits per heavy atom. The zero-order valence-corrected chi connectivity index (χ0v) is 41.1. The average Bonchev–Trinajstić information content (AvgIpc) is 3.71. The maximum atomic E-state index is 5.76. The van der Waals surface area contributed by atoms with E-state index in [-0.39, 0.29) is 140 Å². The minimum Gasteiger partial charge on any atom is -0.721 e. The number of aryl methyl sites for hydroxylation is 1. The van der Waals surface area contributed by atoms with Crippen molar-refractivity contribution in [3.05, 3.63) is 95.5 Å². The van der Waals surface area contributed by atoms with Crippen LogP contribution in [0.25, 0.3) is 41.7 Å². The van der Waals surface area contributed by atoms with Crippen LogP contribution in [0, 0.1) is 6.92 Å². The van der Waals surface area contributed by atoms with Gasteiger partial charge in [0.2, 0.25) is 0 Å². The van der Waals surface area contributed by atoms with Crippen molar-refractivity contribution in [3.63, 3.8) is 0 Å². The van der Waals surface area contributed by atoms with Gasteiger partial charge in [0.25, 0.3) is 0 Å². The average molecular weight is 805 g/mol. The summed E-state index contributed by atoms with van der Waals surface area (Å²) in [6.45, 7) is 2.06. The van der Waals surface area contributed by atoms with Gasteiger partial charge in [0.05, 0.1) is 21.8 Å². The Labute approximate surface area is 414 Å². The summed E-state index contributed by atoms with van der Waals surface area (Å²) >= 11 is 29.9. The van der Waals surface area contributed by atoms with Gasteiger partial charge >= 0.3 is 140 Å². The molecule has 46 heavy (non-hydrogen) atoms. The van der Waals surface area contributed by atoms with Gasteiger partial charge in [-0.05, 0) is 76.0 Å². The number of aromatic nitrogens is 4. The number of thiazole rings is 3. The van der Waals surface area contributed by atoms with Gasteiger partial charge < -0.3 is 88.9 Å². The fourth-order valence-electron chi connectivity index (χ4n) is 3.60. The van der Waals surface area contributed by atoms with Gasteiger partial charge in [-0.2, -0.15) is 0 Å². The number of fused-ring (bicyclic) bond motifs is 4. The Kier molecular flexibility index (Phi) is 22.6. The fourth-order valence-corrected chi connectivity index (χ4v) is 7.11.